The largest absolute Gasteiger partial charge is 0.346 e. The van der Waals surface area contributed by atoms with Crippen molar-refractivity contribution in [1.29, 1.82) is 0 Å². The van der Waals surface area contributed by atoms with Crippen LogP contribution in [-0.2, 0) is 6.54 Å². The average Bonchev–Trinajstić information content (AvgIpc) is 3.27. The summed E-state index contributed by atoms with van der Waals surface area (Å²) < 4.78 is 30.7. The molecule has 0 spiro atoms. The highest BCUT2D eigenvalue weighted by molar-refractivity contribution is 5.81. The lowest BCUT2D eigenvalue weighted by atomic mass is 10.0. The number of H-pyrrole nitrogens is 1. The quantitative estimate of drug-likeness (QED) is 0.460. The minimum absolute atomic E-state index is 0.207. The van der Waals surface area contributed by atoms with Gasteiger partial charge in [0.1, 0.15) is 17.3 Å². The summed E-state index contributed by atoms with van der Waals surface area (Å²) in [6, 6.07) is 7.66. The molecule has 0 fully saturated rings. The topological polar surface area (TPSA) is 76.5 Å². The summed E-state index contributed by atoms with van der Waals surface area (Å²) in [5.41, 5.74) is 1.50. The molecule has 156 valence electrons. The van der Waals surface area contributed by atoms with Gasteiger partial charge in [-0.25, -0.2) is 18.7 Å². The summed E-state index contributed by atoms with van der Waals surface area (Å²) in [7, 11) is 0. The van der Waals surface area contributed by atoms with Crippen molar-refractivity contribution < 1.29 is 8.78 Å². The second-order valence-corrected chi connectivity index (χ2v) is 6.63. The fourth-order valence-corrected chi connectivity index (χ4v) is 3.31. The number of rotatable bonds is 3. The maximum Gasteiger partial charge on any atom is 0.261 e. The van der Waals surface area contributed by atoms with Gasteiger partial charge in [-0.3, -0.25) is 14.3 Å². The number of halogens is 2. The molecule has 0 bridgehead atoms. The molecule has 0 aliphatic rings. The van der Waals surface area contributed by atoms with Gasteiger partial charge in [-0.1, -0.05) is 13.8 Å². The third kappa shape index (κ3) is 3.79. The molecule has 0 aliphatic heterocycles. The van der Waals surface area contributed by atoms with Gasteiger partial charge in [0.05, 0.1) is 30.0 Å². The SMILES string of the molecule is CC.O=c1c2ccncc2ncn1Cc1c(F)cc(-c2cnc3[nH]ccc3c2)cc1F. The summed E-state index contributed by atoms with van der Waals surface area (Å²) in [6.45, 7) is 3.73. The van der Waals surface area contributed by atoms with Gasteiger partial charge in [0, 0.05) is 35.1 Å². The Morgan fingerprint density at radius 1 is 1.00 bits per heavy atom. The Morgan fingerprint density at radius 2 is 1.77 bits per heavy atom. The molecular weight excluding hydrogens is 400 g/mol. The molecule has 0 saturated heterocycles. The van der Waals surface area contributed by atoms with Crippen molar-refractivity contribution >= 4 is 21.9 Å². The van der Waals surface area contributed by atoms with E-state index in [1.807, 2.05) is 19.9 Å². The van der Waals surface area contributed by atoms with Crippen LogP contribution in [-0.4, -0.2) is 24.5 Å². The van der Waals surface area contributed by atoms with Gasteiger partial charge in [-0.15, -0.1) is 0 Å². The highest BCUT2D eigenvalue weighted by atomic mass is 19.1. The van der Waals surface area contributed by atoms with Gasteiger partial charge in [-0.2, -0.15) is 0 Å². The normalized spacial score (nSPS) is 10.8. The Morgan fingerprint density at radius 3 is 2.55 bits per heavy atom. The van der Waals surface area contributed by atoms with E-state index in [0.717, 1.165) is 5.39 Å². The van der Waals surface area contributed by atoms with Crippen molar-refractivity contribution in [2.45, 2.75) is 20.4 Å². The van der Waals surface area contributed by atoms with Gasteiger partial charge in [-0.05, 0) is 35.9 Å². The lowest BCUT2D eigenvalue weighted by molar-refractivity contribution is 0.541. The smallest absolute Gasteiger partial charge is 0.261 e. The van der Waals surface area contributed by atoms with Gasteiger partial charge in [0.25, 0.3) is 5.56 Å². The van der Waals surface area contributed by atoms with E-state index in [1.165, 1.54) is 41.5 Å². The van der Waals surface area contributed by atoms with Crippen molar-refractivity contribution in [3.8, 4) is 11.1 Å². The molecule has 0 atom stereocenters. The monoisotopic (exact) mass is 419 g/mol. The summed E-state index contributed by atoms with van der Waals surface area (Å²) in [5.74, 6) is -1.48. The van der Waals surface area contributed by atoms with Crippen LogP contribution < -0.4 is 5.56 Å². The lowest BCUT2D eigenvalue weighted by Gasteiger charge is -2.11. The summed E-state index contributed by atoms with van der Waals surface area (Å²) in [4.78, 5) is 27.8. The second kappa shape index (κ2) is 8.43. The zero-order chi connectivity index (χ0) is 22.0. The first kappa shape index (κ1) is 20.3. The Labute approximate surface area is 176 Å². The number of nitrogens with zero attached hydrogens (tertiary/aromatic N) is 4. The van der Waals surface area contributed by atoms with Crippen LogP contribution in [0.1, 0.15) is 19.4 Å². The first-order chi connectivity index (χ1) is 15.1. The number of aromatic amines is 1. The van der Waals surface area contributed by atoms with E-state index in [0.29, 0.717) is 27.7 Å². The van der Waals surface area contributed by atoms with E-state index in [1.54, 1.807) is 18.5 Å². The fourth-order valence-electron chi connectivity index (χ4n) is 3.31. The first-order valence-corrected chi connectivity index (χ1v) is 9.81. The molecule has 8 heteroatoms. The van der Waals surface area contributed by atoms with E-state index < -0.39 is 11.6 Å². The number of pyridine rings is 2. The van der Waals surface area contributed by atoms with Crippen LogP contribution in [0.25, 0.3) is 33.1 Å². The average molecular weight is 419 g/mol. The predicted molar refractivity (Wildman–Crippen MR) is 116 cm³/mol. The van der Waals surface area contributed by atoms with Gasteiger partial charge in [0.2, 0.25) is 0 Å². The highest BCUT2D eigenvalue weighted by Crippen LogP contribution is 2.26. The minimum Gasteiger partial charge on any atom is -0.346 e. The third-order valence-electron chi connectivity index (χ3n) is 4.83. The van der Waals surface area contributed by atoms with E-state index in [4.69, 9.17) is 0 Å². The van der Waals surface area contributed by atoms with Crippen molar-refractivity contribution in [3.05, 3.63) is 89.0 Å². The van der Waals surface area contributed by atoms with Gasteiger partial charge >= 0.3 is 0 Å². The highest BCUT2D eigenvalue weighted by Gasteiger charge is 2.15. The summed E-state index contributed by atoms with van der Waals surface area (Å²) >= 11 is 0. The van der Waals surface area contributed by atoms with Crippen LogP contribution in [0.15, 0.2) is 66.2 Å². The van der Waals surface area contributed by atoms with E-state index >= 15 is 0 Å². The zero-order valence-electron chi connectivity index (χ0n) is 16.9. The molecule has 5 aromatic rings. The predicted octanol–water partition coefficient (Wildman–Crippen LogP) is 4.69. The summed E-state index contributed by atoms with van der Waals surface area (Å²) in [6.07, 6.45) is 7.51. The van der Waals surface area contributed by atoms with E-state index in [9.17, 15) is 13.6 Å². The molecule has 0 unspecified atom stereocenters. The van der Waals surface area contributed by atoms with Gasteiger partial charge < -0.3 is 4.98 Å². The zero-order valence-corrected chi connectivity index (χ0v) is 16.9. The molecule has 1 aromatic carbocycles. The van der Waals surface area contributed by atoms with E-state index in [-0.39, 0.29) is 17.7 Å². The molecule has 5 rings (SSSR count). The van der Waals surface area contributed by atoms with Gasteiger partial charge in [0.15, 0.2) is 0 Å². The molecule has 1 N–H and O–H groups in total. The number of benzene rings is 1. The number of nitrogens with one attached hydrogen (secondary N) is 1. The Bertz CT molecular complexity index is 1420. The third-order valence-corrected chi connectivity index (χ3v) is 4.83. The van der Waals surface area contributed by atoms with Crippen LogP contribution in [0.3, 0.4) is 0 Å². The fraction of sp³-hybridized carbons (Fsp3) is 0.130. The van der Waals surface area contributed by atoms with E-state index in [2.05, 4.69) is 19.9 Å². The molecule has 0 aliphatic carbocycles. The van der Waals surface area contributed by atoms with Crippen molar-refractivity contribution in [3.63, 3.8) is 0 Å². The lowest BCUT2D eigenvalue weighted by Crippen LogP contribution is -2.22. The number of aromatic nitrogens is 5. The maximum absolute atomic E-state index is 14.8. The number of hydrogen-bond acceptors (Lipinski definition) is 4. The Hall–Kier alpha value is -3.94. The molecule has 0 radical (unpaired) electrons. The Kier molecular flexibility index (Phi) is 5.53. The Balaban J connectivity index is 0.00000112. The first-order valence-electron chi connectivity index (χ1n) is 9.81. The molecule has 31 heavy (non-hydrogen) atoms. The maximum atomic E-state index is 14.8. The molecular formula is C23H19F2N5O. The van der Waals surface area contributed by atoms with Crippen LogP contribution >= 0.6 is 0 Å². The van der Waals surface area contributed by atoms with Crippen LogP contribution in [0.4, 0.5) is 8.78 Å². The number of fused-ring (bicyclic) bond motifs is 2. The number of hydrogen-bond donors (Lipinski definition) is 1. The molecule has 4 aromatic heterocycles. The summed E-state index contributed by atoms with van der Waals surface area (Å²) in [5, 5.41) is 1.18. The van der Waals surface area contributed by atoms with Crippen LogP contribution in [0.5, 0.6) is 0 Å². The standard InChI is InChI=1S/C21H13F2N5O.C2H6/c22-17-6-13(14-5-12-1-4-25-20(12)26-8-14)7-18(23)16(17)10-28-11-27-19-9-24-3-2-15(19)21(28)29;1-2/h1-9,11H,10H2,(H,25,26);1-2H3. The van der Waals surface area contributed by atoms with Crippen LogP contribution in [0, 0.1) is 11.6 Å². The minimum atomic E-state index is -0.740. The van der Waals surface area contributed by atoms with Crippen LogP contribution in [0.2, 0.25) is 0 Å². The molecule has 6 nitrogen and oxygen atoms in total. The van der Waals surface area contributed by atoms with Crippen molar-refractivity contribution in [2.24, 2.45) is 0 Å². The van der Waals surface area contributed by atoms with Crippen molar-refractivity contribution in [1.82, 2.24) is 24.5 Å². The van der Waals surface area contributed by atoms with Crippen molar-refractivity contribution in [2.75, 3.05) is 0 Å². The second-order valence-electron chi connectivity index (χ2n) is 6.63. The molecule has 0 amide bonds. The molecule has 4 heterocycles. The molecule has 0 saturated carbocycles.